The van der Waals surface area contributed by atoms with E-state index in [1.807, 2.05) is 12.1 Å². The summed E-state index contributed by atoms with van der Waals surface area (Å²) in [7, 11) is 0. The predicted octanol–water partition coefficient (Wildman–Crippen LogP) is 4.50. The maximum atomic E-state index is 12.3. The first-order chi connectivity index (χ1) is 11.0. The van der Waals surface area contributed by atoms with E-state index in [0.29, 0.717) is 40.1 Å². The zero-order chi connectivity index (χ0) is 16.8. The first-order valence-corrected chi connectivity index (χ1v) is 7.61. The number of nitrogens with zero attached hydrogens (tertiary/aromatic N) is 1. The first kappa shape index (κ1) is 16.9. The summed E-state index contributed by atoms with van der Waals surface area (Å²) in [5.41, 5.74) is 1.40. The molecule has 0 aromatic heterocycles. The number of hydrogen-bond acceptors (Lipinski definition) is 3. The summed E-state index contributed by atoms with van der Waals surface area (Å²) in [6, 6.07) is 13.7. The van der Waals surface area contributed by atoms with Gasteiger partial charge in [-0.05, 0) is 42.3 Å². The van der Waals surface area contributed by atoms with Gasteiger partial charge in [0, 0.05) is 11.3 Å². The molecule has 0 atom stereocenters. The van der Waals surface area contributed by atoms with Crippen LogP contribution in [0.15, 0.2) is 42.5 Å². The maximum absolute atomic E-state index is 12.3. The highest BCUT2D eigenvalue weighted by Crippen LogP contribution is 2.21. The van der Waals surface area contributed by atoms with E-state index in [0.717, 1.165) is 0 Å². The van der Waals surface area contributed by atoms with Gasteiger partial charge in [-0.15, -0.1) is 0 Å². The molecule has 1 amide bonds. The summed E-state index contributed by atoms with van der Waals surface area (Å²) in [6.45, 7) is 4.71. The van der Waals surface area contributed by atoms with Gasteiger partial charge in [-0.2, -0.15) is 5.26 Å². The molecule has 0 aliphatic carbocycles. The number of benzene rings is 2. The van der Waals surface area contributed by atoms with Crippen LogP contribution in [0.4, 0.5) is 5.69 Å². The van der Waals surface area contributed by atoms with Crippen molar-refractivity contribution in [2.75, 3.05) is 11.9 Å². The molecule has 2 aromatic carbocycles. The Hall–Kier alpha value is -2.51. The van der Waals surface area contributed by atoms with Crippen LogP contribution in [-0.2, 0) is 0 Å². The van der Waals surface area contributed by atoms with Gasteiger partial charge in [0.25, 0.3) is 5.91 Å². The highest BCUT2D eigenvalue weighted by molar-refractivity contribution is 6.32. The average Bonchev–Trinajstić information content (AvgIpc) is 2.53. The smallest absolute Gasteiger partial charge is 0.255 e. The van der Waals surface area contributed by atoms with Gasteiger partial charge in [0.2, 0.25) is 0 Å². The molecule has 2 rings (SSSR count). The Kier molecular flexibility index (Phi) is 5.61. The molecule has 0 radical (unpaired) electrons. The van der Waals surface area contributed by atoms with Crippen molar-refractivity contribution in [1.29, 1.82) is 5.26 Å². The molecule has 118 valence electrons. The Bertz CT molecular complexity index is 751. The quantitative estimate of drug-likeness (QED) is 0.879. The van der Waals surface area contributed by atoms with Crippen molar-refractivity contribution in [2.24, 2.45) is 5.92 Å². The minimum Gasteiger partial charge on any atom is -0.493 e. The van der Waals surface area contributed by atoms with Crippen LogP contribution in [0.2, 0.25) is 5.02 Å². The number of carbonyl (C=O) groups excluding carboxylic acids is 1. The van der Waals surface area contributed by atoms with Crippen LogP contribution in [0, 0.1) is 17.2 Å². The minimum atomic E-state index is -0.263. The van der Waals surface area contributed by atoms with Crippen molar-refractivity contribution in [1.82, 2.24) is 0 Å². The van der Waals surface area contributed by atoms with Crippen molar-refractivity contribution in [3.63, 3.8) is 0 Å². The summed E-state index contributed by atoms with van der Waals surface area (Å²) in [6.07, 6.45) is 0. The third-order valence-electron chi connectivity index (χ3n) is 3.03. The molecule has 23 heavy (non-hydrogen) atoms. The molecular weight excluding hydrogens is 312 g/mol. The third-order valence-corrected chi connectivity index (χ3v) is 3.34. The molecule has 0 unspecified atom stereocenters. The number of halogens is 1. The van der Waals surface area contributed by atoms with Gasteiger partial charge < -0.3 is 10.1 Å². The lowest BCUT2D eigenvalue weighted by atomic mass is 10.1. The summed E-state index contributed by atoms with van der Waals surface area (Å²) < 4.78 is 5.62. The molecule has 4 nitrogen and oxygen atoms in total. The van der Waals surface area contributed by atoms with Crippen LogP contribution >= 0.6 is 11.6 Å². The van der Waals surface area contributed by atoms with Crippen molar-refractivity contribution in [3.8, 4) is 11.8 Å². The molecular formula is C18H17ClN2O2. The summed E-state index contributed by atoms with van der Waals surface area (Å²) in [5.74, 6) is 0.804. The average molecular weight is 329 g/mol. The van der Waals surface area contributed by atoms with Crippen LogP contribution in [-0.4, -0.2) is 12.5 Å². The van der Waals surface area contributed by atoms with Crippen LogP contribution in [0.1, 0.15) is 29.8 Å². The molecule has 0 fully saturated rings. The van der Waals surface area contributed by atoms with Gasteiger partial charge in [0.1, 0.15) is 11.8 Å². The highest BCUT2D eigenvalue weighted by atomic mass is 35.5. The Morgan fingerprint density at radius 3 is 2.74 bits per heavy atom. The molecule has 0 bridgehead atoms. The molecule has 2 aromatic rings. The number of nitriles is 1. The molecule has 5 heteroatoms. The van der Waals surface area contributed by atoms with Crippen LogP contribution < -0.4 is 10.1 Å². The zero-order valence-electron chi connectivity index (χ0n) is 13.0. The normalized spacial score (nSPS) is 10.2. The Morgan fingerprint density at radius 2 is 2.09 bits per heavy atom. The summed E-state index contributed by atoms with van der Waals surface area (Å²) >= 11 is 5.96. The molecule has 0 saturated carbocycles. The number of amides is 1. The second-order valence-electron chi connectivity index (χ2n) is 5.49. The molecule has 0 spiro atoms. The van der Waals surface area contributed by atoms with E-state index in [4.69, 9.17) is 21.6 Å². The number of carbonyl (C=O) groups is 1. The fourth-order valence-electron chi connectivity index (χ4n) is 1.88. The van der Waals surface area contributed by atoms with Gasteiger partial charge in [-0.1, -0.05) is 31.5 Å². The lowest BCUT2D eigenvalue weighted by Crippen LogP contribution is -2.12. The fourth-order valence-corrected chi connectivity index (χ4v) is 2.10. The van der Waals surface area contributed by atoms with Gasteiger partial charge >= 0.3 is 0 Å². The number of ether oxygens (including phenoxy) is 1. The van der Waals surface area contributed by atoms with E-state index in [1.165, 1.54) is 0 Å². The van der Waals surface area contributed by atoms with Gasteiger partial charge in [0.05, 0.1) is 17.2 Å². The van der Waals surface area contributed by atoms with Gasteiger partial charge in [-0.3, -0.25) is 4.79 Å². The number of rotatable bonds is 5. The van der Waals surface area contributed by atoms with E-state index in [-0.39, 0.29) is 5.91 Å². The van der Waals surface area contributed by atoms with Crippen molar-refractivity contribution in [3.05, 3.63) is 58.6 Å². The largest absolute Gasteiger partial charge is 0.493 e. The zero-order valence-corrected chi connectivity index (χ0v) is 13.7. The second kappa shape index (κ2) is 7.66. The van der Waals surface area contributed by atoms with Crippen LogP contribution in [0.3, 0.4) is 0 Å². The second-order valence-corrected chi connectivity index (χ2v) is 5.90. The van der Waals surface area contributed by atoms with E-state index in [2.05, 4.69) is 19.2 Å². The van der Waals surface area contributed by atoms with Crippen LogP contribution in [0.25, 0.3) is 0 Å². The highest BCUT2D eigenvalue weighted by Gasteiger charge is 2.09. The van der Waals surface area contributed by atoms with E-state index >= 15 is 0 Å². The SMILES string of the molecule is CC(C)COc1cccc(C(=O)Nc2ccc(C#N)c(Cl)c2)c1. The number of anilines is 1. The molecule has 0 heterocycles. The molecule has 0 saturated heterocycles. The Balaban J connectivity index is 2.10. The first-order valence-electron chi connectivity index (χ1n) is 7.23. The van der Waals surface area contributed by atoms with Gasteiger partial charge in [0.15, 0.2) is 0 Å². The number of nitrogens with one attached hydrogen (secondary N) is 1. The van der Waals surface area contributed by atoms with Crippen molar-refractivity contribution >= 4 is 23.2 Å². The Labute approximate surface area is 140 Å². The van der Waals surface area contributed by atoms with E-state index in [1.54, 1.807) is 36.4 Å². The molecule has 1 N–H and O–H groups in total. The molecule has 0 aliphatic rings. The van der Waals surface area contributed by atoms with Crippen molar-refractivity contribution in [2.45, 2.75) is 13.8 Å². The standard InChI is InChI=1S/C18H17ClN2O2/c1-12(2)11-23-16-5-3-4-13(8-16)18(22)21-15-7-6-14(10-20)17(19)9-15/h3-9,12H,11H2,1-2H3,(H,21,22). The van der Waals surface area contributed by atoms with E-state index in [9.17, 15) is 4.79 Å². The van der Waals surface area contributed by atoms with Crippen molar-refractivity contribution < 1.29 is 9.53 Å². The predicted molar refractivity (Wildman–Crippen MR) is 90.9 cm³/mol. The summed E-state index contributed by atoms with van der Waals surface area (Å²) in [5, 5.41) is 11.9. The monoisotopic (exact) mass is 328 g/mol. The minimum absolute atomic E-state index is 0.263. The fraction of sp³-hybridized carbons (Fsp3) is 0.222. The van der Waals surface area contributed by atoms with Gasteiger partial charge in [-0.25, -0.2) is 0 Å². The lowest BCUT2D eigenvalue weighted by Gasteiger charge is -2.10. The summed E-state index contributed by atoms with van der Waals surface area (Å²) in [4.78, 5) is 12.3. The van der Waals surface area contributed by atoms with E-state index < -0.39 is 0 Å². The maximum Gasteiger partial charge on any atom is 0.255 e. The molecule has 0 aliphatic heterocycles. The van der Waals surface area contributed by atoms with Crippen LogP contribution in [0.5, 0.6) is 5.75 Å². The topological polar surface area (TPSA) is 62.1 Å². The Morgan fingerprint density at radius 1 is 1.30 bits per heavy atom. The third kappa shape index (κ3) is 4.73. The number of hydrogen-bond donors (Lipinski definition) is 1. The lowest BCUT2D eigenvalue weighted by molar-refractivity contribution is 0.102.